The van der Waals surface area contributed by atoms with Gasteiger partial charge in [-0.3, -0.25) is 4.79 Å². The molecule has 0 radical (unpaired) electrons. The van der Waals surface area contributed by atoms with Gasteiger partial charge in [-0.15, -0.1) is 12.4 Å². The molecule has 3 N–H and O–H groups in total. The third-order valence-electron chi connectivity index (χ3n) is 4.18. The molecule has 0 bridgehead atoms. The maximum atomic E-state index is 12.4. The normalized spacial score (nSPS) is 11.0. The summed E-state index contributed by atoms with van der Waals surface area (Å²) in [6, 6.07) is 16.8. The molecule has 0 fully saturated rings. The number of ketones is 1. The summed E-state index contributed by atoms with van der Waals surface area (Å²) in [5, 5.41) is 2.52. The number of nitrogens with two attached hydrogens (primary N) is 1. The van der Waals surface area contributed by atoms with E-state index in [1.807, 2.05) is 30.3 Å². The van der Waals surface area contributed by atoms with Crippen molar-refractivity contribution in [3.05, 3.63) is 71.8 Å². The Bertz CT molecular complexity index is 787. The second-order valence-electron chi connectivity index (χ2n) is 6.44. The summed E-state index contributed by atoms with van der Waals surface area (Å²) < 4.78 is 10.3. The molecule has 0 aromatic heterocycles. The molecule has 0 saturated carbocycles. The van der Waals surface area contributed by atoms with Crippen LogP contribution in [0.3, 0.4) is 0 Å². The quantitative estimate of drug-likeness (QED) is 0.319. The summed E-state index contributed by atoms with van der Waals surface area (Å²) >= 11 is 0. The lowest BCUT2D eigenvalue weighted by Crippen LogP contribution is -2.42. The first-order valence-electron chi connectivity index (χ1n) is 9.52. The highest BCUT2D eigenvalue weighted by molar-refractivity contribution is 5.98. The standard InChI is InChI=1S/C22H26N2O5.ClH/c23-14-8-7-13-19(24-22(27)29-15-17-9-3-1-4-10-17)21(26)28-16-20(25)18-11-5-2-6-12-18;/h1-6,9-12,19H,7-8,13-16,23H2,(H,24,27);1H/t19-;/m0./s1. The van der Waals surface area contributed by atoms with Gasteiger partial charge in [0.25, 0.3) is 0 Å². The summed E-state index contributed by atoms with van der Waals surface area (Å²) in [5.41, 5.74) is 6.78. The second kappa shape index (κ2) is 14.1. The van der Waals surface area contributed by atoms with Crippen LogP contribution in [0.4, 0.5) is 4.79 Å². The largest absolute Gasteiger partial charge is 0.456 e. The van der Waals surface area contributed by atoms with Crippen molar-refractivity contribution in [1.82, 2.24) is 5.32 Å². The Morgan fingerprint density at radius 2 is 1.53 bits per heavy atom. The molecule has 0 saturated heterocycles. The zero-order valence-corrected chi connectivity index (χ0v) is 17.4. The van der Waals surface area contributed by atoms with E-state index in [1.165, 1.54) is 0 Å². The highest BCUT2D eigenvalue weighted by Crippen LogP contribution is 2.07. The van der Waals surface area contributed by atoms with E-state index in [1.54, 1.807) is 30.3 Å². The number of halogens is 1. The van der Waals surface area contributed by atoms with Gasteiger partial charge in [0.1, 0.15) is 12.6 Å². The van der Waals surface area contributed by atoms with Crippen molar-refractivity contribution >= 4 is 30.3 Å². The maximum Gasteiger partial charge on any atom is 0.408 e. The average Bonchev–Trinajstić information content (AvgIpc) is 2.76. The van der Waals surface area contributed by atoms with E-state index < -0.39 is 24.7 Å². The molecule has 1 atom stereocenters. The minimum atomic E-state index is -0.909. The molecule has 1 amide bonds. The molecule has 0 aliphatic carbocycles. The van der Waals surface area contributed by atoms with Gasteiger partial charge < -0.3 is 20.5 Å². The van der Waals surface area contributed by atoms with Gasteiger partial charge in [0.2, 0.25) is 0 Å². The molecule has 0 unspecified atom stereocenters. The fourth-order valence-corrected chi connectivity index (χ4v) is 2.59. The molecule has 0 spiro atoms. The van der Waals surface area contributed by atoms with E-state index in [2.05, 4.69) is 5.32 Å². The summed E-state index contributed by atoms with van der Waals surface area (Å²) in [6.07, 6.45) is 0.948. The first-order chi connectivity index (χ1) is 14.1. The first kappa shape index (κ1) is 25.1. The minimum Gasteiger partial charge on any atom is -0.456 e. The van der Waals surface area contributed by atoms with E-state index in [-0.39, 0.29) is 24.8 Å². The maximum absolute atomic E-state index is 12.4. The summed E-state index contributed by atoms with van der Waals surface area (Å²) in [7, 11) is 0. The van der Waals surface area contributed by atoms with Crippen LogP contribution in [-0.4, -0.2) is 37.0 Å². The van der Waals surface area contributed by atoms with E-state index >= 15 is 0 Å². The van der Waals surface area contributed by atoms with Gasteiger partial charge in [0.05, 0.1) is 0 Å². The number of carbonyl (C=O) groups is 3. The number of Topliss-reactive ketones (excluding diaryl/α,β-unsaturated/α-hetero) is 1. The van der Waals surface area contributed by atoms with Gasteiger partial charge in [0.15, 0.2) is 12.4 Å². The Morgan fingerprint density at radius 1 is 0.900 bits per heavy atom. The van der Waals surface area contributed by atoms with Crippen molar-refractivity contribution in [3.63, 3.8) is 0 Å². The SMILES string of the molecule is Cl.NCCCC[C@H](NC(=O)OCc1ccccc1)C(=O)OCC(=O)c1ccccc1. The molecule has 8 heteroatoms. The van der Waals surface area contributed by atoms with Crippen LogP contribution in [0.2, 0.25) is 0 Å². The van der Waals surface area contributed by atoms with Crippen LogP contribution in [0, 0.1) is 0 Å². The number of hydrogen-bond donors (Lipinski definition) is 2. The Labute approximate surface area is 182 Å². The number of benzene rings is 2. The molecule has 2 aromatic carbocycles. The molecule has 2 rings (SSSR count). The van der Waals surface area contributed by atoms with E-state index in [9.17, 15) is 14.4 Å². The minimum absolute atomic E-state index is 0. The van der Waals surface area contributed by atoms with E-state index in [4.69, 9.17) is 15.2 Å². The average molecular weight is 435 g/mol. The number of alkyl carbamates (subject to hydrolysis) is 1. The van der Waals surface area contributed by atoms with Gasteiger partial charge in [-0.2, -0.15) is 0 Å². The molecule has 2 aromatic rings. The predicted octanol–water partition coefficient (Wildman–Crippen LogP) is 3.26. The molecule has 7 nitrogen and oxygen atoms in total. The lowest BCUT2D eigenvalue weighted by molar-refractivity contribution is -0.145. The number of hydrogen-bond acceptors (Lipinski definition) is 6. The Balaban J connectivity index is 0.00000450. The number of unbranched alkanes of at least 4 members (excludes halogenated alkanes) is 1. The predicted molar refractivity (Wildman–Crippen MR) is 115 cm³/mol. The van der Waals surface area contributed by atoms with Crippen molar-refractivity contribution in [2.75, 3.05) is 13.2 Å². The van der Waals surface area contributed by atoms with Crippen LogP contribution in [0.15, 0.2) is 60.7 Å². The fraction of sp³-hybridized carbons (Fsp3) is 0.318. The van der Waals surface area contributed by atoms with Gasteiger partial charge >= 0.3 is 12.1 Å². The van der Waals surface area contributed by atoms with Crippen LogP contribution in [0.25, 0.3) is 0 Å². The lowest BCUT2D eigenvalue weighted by Gasteiger charge is -2.17. The molecule has 0 aliphatic rings. The summed E-state index contributed by atoms with van der Waals surface area (Å²) in [5.74, 6) is -0.991. The van der Waals surface area contributed by atoms with Crippen molar-refractivity contribution in [3.8, 4) is 0 Å². The topological polar surface area (TPSA) is 108 Å². The molecule has 0 heterocycles. The summed E-state index contributed by atoms with van der Waals surface area (Å²) in [4.78, 5) is 36.6. The van der Waals surface area contributed by atoms with Crippen LogP contribution < -0.4 is 11.1 Å². The Morgan fingerprint density at radius 3 is 2.17 bits per heavy atom. The van der Waals surface area contributed by atoms with Crippen molar-refractivity contribution in [2.45, 2.75) is 31.9 Å². The van der Waals surface area contributed by atoms with Crippen LogP contribution >= 0.6 is 12.4 Å². The van der Waals surface area contributed by atoms with Gasteiger partial charge in [-0.1, -0.05) is 60.7 Å². The number of amides is 1. The monoisotopic (exact) mass is 434 g/mol. The smallest absolute Gasteiger partial charge is 0.408 e. The molecule has 162 valence electrons. The molecular weight excluding hydrogens is 408 g/mol. The number of rotatable bonds is 11. The van der Waals surface area contributed by atoms with Gasteiger partial charge in [-0.25, -0.2) is 9.59 Å². The van der Waals surface area contributed by atoms with Crippen molar-refractivity contribution in [1.29, 1.82) is 0 Å². The number of esters is 1. The van der Waals surface area contributed by atoms with Gasteiger partial charge in [0, 0.05) is 5.56 Å². The van der Waals surface area contributed by atoms with E-state index in [0.717, 1.165) is 5.56 Å². The zero-order chi connectivity index (χ0) is 20.9. The Kier molecular flexibility index (Phi) is 11.8. The number of carbonyl (C=O) groups excluding carboxylic acids is 3. The van der Waals surface area contributed by atoms with Crippen molar-refractivity contribution < 1.29 is 23.9 Å². The van der Waals surface area contributed by atoms with Gasteiger partial charge in [-0.05, 0) is 31.4 Å². The third kappa shape index (κ3) is 9.07. The van der Waals surface area contributed by atoms with E-state index in [0.29, 0.717) is 31.4 Å². The fourth-order valence-electron chi connectivity index (χ4n) is 2.59. The lowest BCUT2D eigenvalue weighted by atomic mass is 10.1. The second-order valence-corrected chi connectivity index (χ2v) is 6.44. The highest BCUT2D eigenvalue weighted by Gasteiger charge is 2.23. The molecular formula is C22H27ClN2O5. The molecule has 0 aliphatic heterocycles. The summed E-state index contributed by atoms with van der Waals surface area (Å²) in [6.45, 7) is 0.174. The van der Waals surface area contributed by atoms with Crippen LogP contribution in [0.1, 0.15) is 35.2 Å². The highest BCUT2D eigenvalue weighted by atomic mass is 35.5. The zero-order valence-electron chi connectivity index (χ0n) is 16.6. The van der Waals surface area contributed by atoms with Crippen molar-refractivity contribution in [2.24, 2.45) is 5.73 Å². The van der Waals surface area contributed by atoms with Crippen LogP contribution in [0.5, 0.6) is 0 Å². The van der Waals surface area contributed by atoms with Crippen LogP contribution in [-0.2, 0) is 20.9 Å². The third-order valence-corrected chi connectivity index (χ3v) is 4.18. The Hall–Kier alpha value is -2.90. The number of nitrogens with one attached hydrogen (secondary N) is 1. The first-order valence-corrected chi connectivity index (χ1v) is 9.52. The number of ether oxygens (including phenoxy) is 2. The molecule has 30 heavy (non-hydrogen) atoms.